The second kappa shape index (κ2) is 3.58. The highest BCUT2D eigenvalue weighted by atomic mass is 31.1. The number of nitrogens with two attached hydrogens (primary N) is 1. The van der Waals surface area contributed by atoms with Crippen molar-refractivity contribution in [1.82, 2.24) is 0 Å². The molecule has 0 fully saturated rings. The Morgan fingerprint density at radius 3 is 2.36 bits per heavy atom. The first kappa shape index (κ1) is 8.34. The maximum Gasteiger partial charge on any atom is 0.529 e. The summed E-state index contributed by atoms with van der Waals surface area (Å²) >= 11 is 0. The Kier molecular flexibility index (Phi) is 2.71. The Balaban J connectivity index is 2.85. The molecular weight excluding hydrogens is 161 g/mol. The molecule has 2 atom stereocenters. The van der Waals surface area contributed by atoms with Gasteiger partial charge in [-0.25, -0.2) is 0 Å². The molecule has 0 amide bonds. The zero-order valence-electron chi connectivity index (χ0n) is 5.84. The van der Waals surface area contributed by atoms with E-state index in [0.29, 0.717) is 5.56 Å². The Labute approximate surface area is 65.7 Å². The molecule has 0 aliphatic rings. The van der Waals surface area contributed by atoms with Crippen molar-refractivity contribution < 1.29 is 9.46 Å². The van der Waals surface area contributed by atoms with Crippen LogP contribution in [0.25, 0.3) is 0 Å². The second-order valence-corrected chi connectivity index (χ2v) is 3.32. The predicted octanol–water partition coefficient (Wildman–Crippen LogP) is 1.38. The van der Waals surface area contributed by atoms with E-state index in [0.717, 1.165) is 0 Å². The quantitative estimate of drug-likeness (QED) is 0.659. The lowest BCUT2D eigenvalue weighted by Crippen LogP contribution is -2.04. The Morgan fingerprint density at radius 1 is 1.36 bits per heavy atom. The average molecular weight is 170 g/mol. The van der Waals surface area contributed by atoms with Crippen LogP contribution >= 0.6 is 8.03 Å². The summed E-state index contributed by atoms with van der Waals surface area (Å²) in [6.45, 7) is 0. The normalized spacial score (nSPS) is 14.2. The van der Waals surface area contributed by atoms with Gasteiger partial charge in [-0.1, -0.05) is 30.3 Å². The first-order valence-electron chi connectivity index (χ1n) is 3.17. The minimum Gasteiger partial charge on any atom is -0.281 e. The molecule has 0 radical (unpaired) electrons. The van der Waals surface area contributed by atoms with Gasteiger partial charge in [0, 0.05) is 5.56 Å². The third-order valence-electron chi connectivity index (χ3n) is 1.38. The fraction of sp³-hybridized carbons (Fsp3) is 0.143. The molecule has 1 rings (SSSR count). The van der Waals surface area contributed by atoms with Crippen molar-refractivity contribution in [1.29, 1.82) is 0 Å². The topological polar surface area (TPSA) is 63.3 Å². The molecule has 11 heavy (non-hydrogen) atoms. The summed E-state index contributed by atoms with van der Waals surface area (Å²) in [7, 11) is -2.31. The fourth-order valence-corrected chi connectivity index (χ4v) is 1.20. The smallest absolute Gasteiger partial charge is 0.281 e. The molecule has 2 unspecified atom stereocenters. The third-order valence-corrected chi connectivity index (χ3v) is 2.15. The van der Waals surface area contributed by atoms with Gasteiger partial charge in [-0.05, 0) is 4.57 Å². The van der Waals surface area contributed by atoms with Gasteiger partial charge in [-0.3, -0.25) is 5.73 Å². The molecular formula is C7H9NO2P+. The minimum absolute atomic E-state index is 0.691. The maximum absolute atomic E-state index is 10.5. The van der Waals surface area contributed by atoms with Gasteiger partial charge in [0.1, 0.15) is 0 Å². The number of hydrogen-bond acceptors (Lipinski definition) is 2. The number of hydrogen-bond donors (Lipinski definition) is 2. The SMILES string of the molecule is NC(c1ccccc1)[P+](=O)O. The maximum atomic E-state index is 10.5. The zero-order valence-corrected chi connectivity index (χ0v) is 6.74. The first-order chi connectivity index (χ1) is 5.22. The van der Waals surface area contributed by atoms with Gasteiger partial charge in [0.15, 0.2) is 0 Å². The highest BCUT2D eigenvalue weighted by molar-refractivity contribution is 7.38. The largest absolute Gasteiger partial charge is 0.529 e. The molecule has 0 saturated heterocycles. The van der Waals surface area contributed by atoms with Crippen molar-refractivity contribution in [2.24, 2.45) is 5.73 Å². The first-order valence-corrected chi connectivity index (χ1v) is 4.46. The molecule has 3 N–H and O–H groups in total. The van der Waals surface area contributed by atoms with Crippen LogP contribution in [0.2, 0.25) is 0 Å². The highest BCUT2D eigenvalue weighted by Crippen LogP contribution is 2.31. The molecule has 0 aliphatic carbocycles. The summed E-state index contributed by atoms with van der Waals surface area (Å²) in [5, 5.41) is 0. The highest BCUT2D eigenvalue weighted by Gasteiger charge is 2.25. The van der Waals surface area contributed by atoms with Crippen molar-refractivity contribution in [3.63, 3.8) is 0 Å². The molecule has 0 heterocycles. The molecule has 58 valence electrons. The van der Waals surface area contributed by atoms with Crippen LogP contribution in [0.15, 0.2) is 30.3 Å². The van der Waals surface area contributed by atoms with Crippen LogP contribution in [-0.4, -0.2) is 4.89 Å². The molecule has 0 bridgehead atoms. The van der Waals surface area contributed by atoms with Gasteiger partial charge in [0.2, 0.25) is 0 Å². The van der Waals surface area contributed by atoms with E-state index in [1.807, 2.05) is 6.07 Å². The standard InChI is InChI=1S/C7H8NO2P/c8-7(11(9)10)6-4-2-1-3-5-6/h1-5,7H,8H2/p+1. The zero-order chi connectivity index (χ0) is 8.27. The van der Waals surface area contributed by atoms with Crippen LogP contribution in [0.3, 0.4) is 0 Å². The van der Waals surface area contributed by atoms with E-state index in [9.17, 15) is 4.57 Å². The van der Waals surface area contributed by atoms with Crippen LogP contribution in [0, 0.1) is 0 Å². The lowest BCUT2D eigenvalue weighted by molar-refractivity contribution is 0.491. The van der Waals surface area contributed by atoms with E-state index in [4.69, 9.17) is 10.6 Å². The molecule has 0 aliphatic heterocycles. The van der Waals surface area contributed by atoms with Crippen LogP contribution < -0.4 is 5.73 Å². The van der Waals surface area contributed by atoms with E-state index >= 15 is 0 Å². The molecule has 0 saturated carbocycles. The van der Waals surface area contributed by atoms with Crippen LogP contribution in [0.4, 0.5) is 0 Å². The van der Waals surface area contributed by atoms with Gasteiger partial charge in [-0.15, -0.1) is 0 Å². The van der Waals surface area contributed by atoms with Gasteiger partial charge in [0.25, 0.3) is 5.78 Å². The lowest BCUT2D eigenvalue weighted by atomic mass is 10.2. The van der Waals surface area contributed by atoms with Gasteiger partial charge in [-0.2, -0.15) is 4.89 Å². The summed E-state index contributed by atoms with van der Waals surface area (Å²) in [4.78, 5) is 8.66. The summed E-state index contributed by atoms with van der Waals surface area (Å²) in [6, 6.07) is 8.87. The molecule has 1 aromatic carbocycles. The fourth-order valence-electron chi connectivity index (χ4n) is 0.778. The van der Waals surface area contributed by atoms with E-state index in [1.165, 1.54) is 0 Å². The van der Waals surface area contributed by atoms with Gasteiger partial charge < -0.3 is 0 Å². The van der Waals surface area contributed by atoms with Crippen LogP contribution in [0.1, 0.15) is 11.3 Å². The van der Waals surface area contributed by atoms with Gasteiger partial charge in [0.05, 0.1) is 0 Å². The minimum atomic E-state index is -2.31. The van der Waals surface area contributed by atoms with Crippen LogP contribution in [-0.2, 0) is 4.57 Å². The van der Waals surface area contributed by atoms with Crippen molar-refractivity contribution in [3.05, 3.63) is 35.9 Å². The molecule has 1 aromatic rings. The summed E-state index contributed by atoms with van der Waals surface area (Å²) < 4.78 is 10.5. The van der Waals surface area contributed by atoms with Crippen molar-refractivity contribution in [2.45, 2.75) is 5.78 Å². The lowest BCUT2D eigenvalue weighted by Gasteiger charge is -1.95. The van der Waals surface area contributed by atoms with Gasteiger partial charge >= 0.3 is 8.03 Å². The Bertz CT molecular complexity index is 250. The second-order valence-electron chi connectivity index (χ2n) is 2.16. The predicted molar refractivity (Wildman–Crippen MR) is 43.2 cm³/mol. The van der Waals surface area contributed by atoms with Crippen LogP contribution in [0.5, 0.6) is 0 Å². The summed E-state index contributed by atoms with van der Waals surface area (Å²) in [5.41, 5.74) is 6.09. The van der Waals surface area contributed by atoms with E-state index in [2.05, 4.69) is 0 Å². The van der Waals surface area contributed by atoms with Crippen molar-refractivity contribution >= 4 is 8.03 Å². The number of rotatable bonds is 2. The van der Waals surface area contributed by atoms with E-state index in [1.54, 1.807) is 24.3 Å². The Morgan fingerprint density at radius 2 is 1.91 bits per heavy atom. The average Bonchev–Trinajstić information content (AvgIpc) is 2.05. The monoisotopic (exact) mass is 170 g/mol. The molecule has 0 spiro atoms. The van der Waals surface area contributed by atoms with Crippen molar-refractivity contribution in [2.75, 3.05) is 0 Å². The molecule has 0 aromatic heterocycles. The molecule has 3 nitrogen and oxygen atoms in total. The number of benzene rings is 1. The third kappa shape index (κ3) is 2.09. The van der Waals surface area contributed by atoms with E-state index < -0.39 is 13.8 Å². The molecule has 4 heteroatoms. The summed E-state index contributed by atoms with van der Waals surface area (Å²) in [5.74, 6) is -0.758. The Hall–Kier alpha value is -0.760. The van der Waals surface area contributed by atoms with E-state index in [-0.39, 0.29) is 0 Å². The summed E-state index contributed by atoms with van der Waals surface area (Å²) in [6.07, 6.45) is 0. The van der Waals surface area contributed by atoms with Crippen molar-refractivity contribution in [3.8, 4) is 0 Å².